The van der Waals surface area contributed by atoms with Gasteiger partial charge in [0.15, 0.2) is 0 Å². The van der Waals surface area contributed by atoms with Crippen molar-refractivity contribution >= 4 is 10.8 Å². The molecule has 4 rings (SSSR count). The maximum absolute atomic E-state index is 2.18. The van der Waals surface area contributed by atoms with Gasteiger partial charge in [0.1, 0.15) is 0 Å². The molecule has 126 valence electrons. The lowest BCUT2D eigenvalue weighted by Gasteiger charge is -2.04. The number of halogens is 1. The summed E-state index contributed by atoms with van der Waals surface area (Å²) in [6.07, 6.45) is 0. The van der Waals surface area contributed by atoms with Crippen LogP contribution in [0, 0.1) is 13.8 Å². The highest BCUT2D eigenvalue weighted by molar-refractivity contribution is 5.86. The Morgan fingerprint density at radius 3 is 1.52 bits per heavy atom. The quantitative estimate of drug-likeness (QED) is 0.492. The molecule has 4 aromatic carbocycles. The zero-order chi connectivity index (χ0) is 16.8. The molecule has 1 heteroatoms. The third-order valence-corrected chi connectivity index (χ3v) is 4.35. The molecule has 0 saturated heterocycles. The summed E-state index contributed by atoms with van der Waals surface area (Å²) < 4.78 is 0. The Morgan fingerprint density at radius 2 is 0.960 bits per heavy atom. The average Bonchev–Trinajstić information content (AvgIpc) is 2.67. The van der Waals surface area contributed by atoms with Crippen LogP contribution in [0.15, 0.2) is 97.1 Å². The lowest BCUT2D eigenvalue weighted by atomic mass is 10.0. The summed E-state index contributed by atoms with van der Waals surface area (Å²) in [7, 11) is 0. The molecule has 4 aromatic rings. The fourth-order valence-electron chi connectivity index (χ4n) is 2.80. The fourth-order valence-corrected chi connectivity index (χ4v) is 2.80. The predicted molar refractivity (Wildman–Crippen MR) is 105 cm³/mol. The highest BCUT2D eigenvalue weighted by Gasteiger charge is 1.97. The Morgan fingerprint density at radius 1 is 0.480 bits per heavy atom. The first-order valence-corrected chi connectivity index (χ1v) is 8.31. The molecule has 0 radical (unpaired) electrons. The van der Waals surface area contributed by atoms with Crippen LogP contribution in [0.5, 0.6) is 0 Å². The van der Waals surface area contributed by atoms with E-state index in [1.165, 1.54) is 33.0 Å². The lowest BCUT2D eigenvalue weighted by molar-refractivity contribution is -0.00000478. The van der Waals surface area contributed by atoms with Gasteiger partial charge < -0.3 is 12.4 Å². The van der Waals surface area contributed by atoms with E-state index >= 15 is 0 Å². The summed E-state index contributed by atoms with van der Waals surface area (Å²) in [6.45, 7) is 4.33. The first kappa shape index (κ1) is 18.8. The molecule has 0 bridgehead atoms. The minimum Gasteiger partial charge on any atom is -1.00 e. The smallest absolute Gasteiger partial charge is 0.0152 e. The third-order valence-electron chi connectivity index (χ3n) is 4.35. The second kappa shape index (κ2) is 9.05. The van der Waals surface area contributed by atoms with E-state index < -0.39 is 0 Å². The zero-order valence-corrected chi connectivity index (χ0v) is 15.4. The number of fused-ring (bicyclic) bond motifs is 1. The van der Waals surface area contributed by atoms with E-state index in [4.69, 9.17) is 0 Å². The van der Waals surface area contributed by atoms with Gasteiger partial charge in [-0.3, -0.25) is 0 Å². The Bertz CT molecular complexity index is 875. The molecule has 25 heavy (non-hydrogen) atoms. The lowest BCUT2D eigenvalue weighted by Crippen LogP contribution is -3.00. The van der Waals surface area contributed by atoms with Gasteiger partial charge in [-0.15, -0.1) is 0 Å². The van der Waals surface area contributed by atoms with Crippen molar-refractivity contribution in [1.82, 2.24) is 0 Å². The molecule has 0 fully saturated rings. The number of aryl methyl sites for hydroxylation is 2. The standard InChI is InChI=1S/C12H12.C12H10.ClH/c1-9-7-8-11-5-3-4-6-12(11)10(9)2;1-3-7-11(8-4-1)12-9-5-2-6-10-12;/h3-8H,1-2H3;1-10H;1H/p-1. The molecule has 0 unspecified atom stereocenters. The van der Waals surface area contributed by atoms with Gasteiger partial charge in [-0.2, -0.15) is 0 Å². The number of hydrogen-bond acceptors (Lipinski definition) is 0. The van der Waals surface area contributed by atoms with Gasteiger partial charge in [-0.05, 0) is 46.9 Å². The topological polar surface area (TPSA) is 0 Å². The molecule has 0 amide bonds. The van der Waals surface area contributed by atoms with E-state index in [2.05, 4.69) is 98.8 Å². The predicted octanol–water partition coefficient (Wildman–Crippen LogP) is 3.81. The Hall–Kier alpha value is -2.57. The summed E-state index contributed by atoms with van der Waals surface area (Å²) in [5.74, 6) is 0. The van der Waals surface area contributed by atoms with Gasteiger partial charge in [0.05, 0.1) is 0 Å². The van der Waals surface area contributed by atoms with Crippen LogP contribution in [0.4, 0.5) is 0 Å². The highest BCUT2D eigenvalue weighted by Crippen LogP contribution is 2.20. The molecule has 0 saturated carbocycles. The summed E-state index contributed by atoms with van der Waals surface area (Å²) in [4.78, 5) is 0. The molecule has 0 aliphatic heterocycles. The SMILES string of the molecule is Cc1ccc2ccccc2c1C.[Cl-].c1ccc(-c2ccccc2)cc1. The largest absolute Gasteiger partial charge is 1.00 e. The first-order chi connectivity index (χ1) is 11.8. The molecule has 0 aliphatic carbocycles. The van der Waals surface area contributed by atoms with Crippen molar-refractivity contribution < 1.29 is 12.4 Å². The van der Waals surface area contributed by atoms with Crippen molar-refractivity contribution in [2.24, 2.45) is 0 Å². The molecular weight excluding hydrogens is 324 g/mol. The molecule has 0 nitrogen and oxygen atoms in total. The molecule has 0 atom stereocenters. The van der Waals surface area contributed by atoms with Gasteiger partial charge in [-0.1, -0.05) is 97.1 Å². The molecule has 0 spiro atoms. The third kappa shape index (κ3) is 4.71. The van der Waals surface area contributed by atoms with E-state index in [9.17, 15) is 0 Å². The summed E-state index contributed by atoms with van der Waals surface area (Å²) in [6, 6.07) is 33.6. The van der Waals surface area contributed by atoms with Crippen LogP contribution < -0.4 is 12.4 Å². The van der Waals surface area contributed by atoms with Gasteiger partial charge in [-0.25, -0.2) is 0 Å². The van der Waals surface area contributed by atoms with E-state index in [-0.39, 0.29) is 12.4 Å². The Kier molecular flexibility index (Phi) is 6.80. The zero-order valence-electron chi connectivity index (χ0n) is 14.6. The van der Waals surface area contributed by atoms with Crippen LogP contribution >= 0.6 is 0 Å². The minimum absolute atomic E-state index is 0. The average molecular weight is 346 g/mol. The molecule has 0 aliphatic rings. The van der Waals surface area contributed by atoms with E-state index in [1.54, 1.807) is 0 Å². The second-order valence-electron chi connectivity index (χ2n) is 5.96. The minimum atomic E-state index is 0. The van der Waals surface area contributed by atoms with Crippen LogP contribution in [0.1, 0.15) is 11.1 Å². The van der Waals surface area contributed by atoms with Crippen molar-refractivity contribution in [2.75, 3.05) is 0 Å². The van der Waals surface area contributed by atoms with Crippen molar-refractivity contribution in [3.63, 3.8) is 0 Å². The van der Waals surface area contributed by atoms with Crippen molar-refractivity contribution in [3.05, 3.63) is 108 Å². The van der Waals surface area contributed by atoms with Crippen molar-refractivity contribution in [2.45, 2.75) is 13.8 Å². The van der Waals surface area contributed by atoms with Crippen LogP contribution in [-0.4, -0.2) is 0 Å². The van der Waals surface area contributed by atoms with Crippen LogP contribution in [0.2, 0.25) is 0 Å². The molecule has 0 aromatic heterocycles. The highest BCUT2D eigenvalue weighted by atomic mass is 35.5. The summed E-state index contributed by atoms with van der Waals surface area (Å²) in [5.41, 5.74) is 5.32. The monoisotopic (exact) mass is 345 g/mol. The normalized spacial score (nSPS) is 9.68. The molecule has 0 heterocycles. The fraction of sp³-hybridized carbons (Fsp3) is 0.0833. The number of hydrogen-bond donors (Lipinski definition) is 0. The van der Waals surface area contributed by atoms with Crippen LogP contribution in [0.25, 0.3) is 21.9 Å². The second-order valence-corrected chi connectivity index (χ2v) is 5.96. The van der Waals surface area contributed by atoms with Crippen molar-refractivity contribution in [1.29, 1.82) is 0 Å². The van der Waals surface area contributed by atoms with Gasteiger partial charge >= 0.3 is 0 Å². The van der Waals surface area contributed by atoms with Gasteiger partial charge in [0.25, 0.3) is 0 Å². The molecule has 0 N–H and O–H groups in total. The maximum atomic E-state index is 2.18. The van der Waals surface area contributed by atoms with Crippen molar-refractivity contribution in [3.8, 4) is 11.1 Å². The van der Waals surface area contributed by atoms with E-state index in [0.717, 1.165) is 0 Å². The Balaban J connectivity index is 0.000000173. The molecular formula is C24H22Cl-. The Labute approximate surface area is 156 Å². The van der Waals surface area contributed by atoms with E-state index in [1.807, 2.05) is 12.1 Å². The maximum Gasteiger partial charge on any atom is -0.0152 e. The van der Waals surface area contributed by atoms with E-state index in [0.29, 0.717) is 0 Å². The summed E-state index contributed by atoms with van der Waals surface area (Å²) >= 11 is 0. The van der Waals surface area contributed by atoms with Crippen LogP contribution in [0.3, 0.4) is 0 Å². The summed E-state index contributed by atoms with van der Waals surface area (Å²) in [5, 5.41) is 2.71. The number of rotatable bonds is 1. The van der Waals surface area contributed by atoms with Gasteiger partial charge in [0, 0.05) is 0 Å². The van der Waals surface area contributed by atoms with Crippen LogP contribution in [-0.2, 0) is 0 Å². The number of benzene rings is 4. The van der Waals surface area contributed by atoms with Gasteiger partial charge in [0.2, 0.25) is 0 Å². The first-order valence-electron chi connectivity index (χ1n) is 8.31.